The van der Waals surface area contributed by atoms with Crippen LogP contribution in [0, 0.1) is 0 Å². The molecule has 0 saturated carbocycles. The minimum Gasteiger partial charge on any atom is -0.489 e. The zero-order valence-electron chi connectivity index (χ0n) is 16.3. The average Bonchev–Trinajstić information content (AvgIpc) is 2.98. The standard InChI is InChI=1S/C22H18BrClN4O3/c23-14-6-7-16-18(10-14)31-12-17(21(29)25-16)27-9-8-15-19(22(27)30)26-28(20(15)24)11-13-4-2-1-3-5-13/h1-7,10,17H,8-9,11-12H2,(H,25,29)/t17-/m0/s1. The number of hydrogen-bond donors (Lipinski definition) is 1. The first-order chi connectivity index (χ1) is 15.0. The van der Waals surface area contributed by atoms with E-state index < -0.39 is 6.04 Å². The summed E-state index contributed by atoms with van der Waals surface area (Å²) in [4.78, 5) is 27.7. The van der Waals surface area contributed by atoms with Crippen molar-refractivity contribution in [2.75, 3.05) is 18.5 Å². The monoisotopic (exact) mass is 500 g/mol. The molecule has 0 unspecified atom stereocenters. The van der Waals surface area contributed by atoms with Crippen molar-refractivity contribution in [3.8, 4) is 5.75 Å². The van der Waals surface area contributed by atoms with Crippen molar-refractivity contribution >= 4 is 45.0 Å². The first-order valence-electron chi connectivity index (χ1n) is 9.84. The second kappa shape index (κ2) is 8.01. The van der Waals surface area contributed by atoms with Gasteiger partial charge in [-0.05, 0) is 30.2 Å². The SMILES string of the molecule is O=C1Nc2ccc(Br)cc2OC[C@@H]1N1CCc2c(nn(Cc3ccccc3)c2Cl)C1=O. The number of fused-ring (bicyclic) bond motifs is 2. The van der Waals surface area contributed by atoms with Gasteiger partial charge in [-0.2, -0.15) is 5.10 Å². The zero-order valence-corrected chi connectivity index (χ0v) is 18.7. The second-order valence-corrected chi connectivity index (χ2v) is 8.74. The van der Waals surface area contributed by atoms with Crippen molar-refractivity contribution in [3.63, 3.8) is 0 Å². The van der Waals surface area contributed by atoms with E-state index in [1.165, 1.54) is 4.90 Å². The smallest absolute Gasteiger partial charge is 0.275 e. The van der Waals surface area contributed by atoms with Gasteiger partial charge in [0.1, 0.15) is 23.6 Å². The number of anilines is 1. The molecule has 5 rings (SSSR count). The molecule has 0 fully saturated rings. The third-order valence-electron chi connectivity index (χ3n) is 5.50. The number of carbonyl (C=O) groups excluding carboxylic acids is 2. The Kier molecular flexibility index (Phi) is 5.19. The Morgan fingerprint density at radius 3 is 2.81 bits per heavy atom. The Labute approximate surface area is 192 Å². The lowest BCUT2D eigenvalue weighted by Gasteiger charge is -2.31. The molecule has 3 aromatic rings. The van der Waals surface area contributed by atoms with E-state index in [0.717, 1.165) is 15.6 Å². The molecule has 1 N–H and O–H groups in total. The molecule has 2 amide bonds. The molecule has 0 bridgehead atoms. The van der Waals surface area contributed by atoms with Gasteiger partial charge in [-0.1, -0.05) is 57.9 Å². The van der Waals surface area contributed by atoms with Crippen molar-refractivity contribution in [2.24, 2.45) is 0 Å². The molecule has 9 heteroatoms. The number of ether oxygens (including phenoxy) is 1. The predicted molar refractivity (Wildman–Crippen MR) is 120 cm³/mol. The number of nitrogens with one attached hydrogen (secondary N) is 1. The summed E-state index contributed by atoms with van der Waals surface area (Å²) in [5.74, 6) is -0.0379. The van der Waals surface area contributed by atoms with Crippen LogP contribution in [0.2, 0.25) is 5.15 Å². The van der Waals surface area contributed by atoms with E-state index >= 15 is 0 Å². The van der Waals surface area contributed by atoms with E-state index in [0.29, 0.717) is 41.8 Å². The van der Waals surface area contributed by atoms with Crippen LogP contribution in [0.4, 0.5) is 5.69 Å². The lowest BCUT2D eigenvalue weighted by molar-refractivity contribution is -0.121. The van der Waals surface area contributed by atoms with Crippen molar-refractivity contribution in [1.29, 1.82) is 0 Å². The average molecular weight is 502 g/mol. The topological polar surface area (TPSA) is 76.5 Å². The van der Waals surface area contributed by atoms with E-state index in [1.807, 2.05) is 36.4 Å². The number of benzene rings is 2. The third kappa shape index (κ3) is 3.70. The quantitative estimate of drug-likeness (QED) is 0.593. The molecule has 1 atom stereocenters. The van der Waals surface area contributed by atoms with E-state index in [2.05, 4.69) is 26.3 Å². The summed E-state index contributed by atoms with van der Waals surface area (Å²) in [5.41, 5.74) is 2.63. The Morgan fingerprint density at radius 2 is 2.00 bits per heavy atom. The van der Waals surface area contributed by atoms with E-state index in [1.54, 1.807) is 16.8 Å². The third-order valence-corrected chi connectivity index (χ3v) is 6.42. The lowest BCUT2D eigenvalue weighted by Crippen LogP contribution is -2.52. The highest BCUT2D eigenvalue weighted by atomic mass is 79.9. The predicted octanol–water partition coefficient (Wildman–Crippen LogP) is 3.75. The van der Waals surface area contributed by atoms with Crippen LogP contribution in [0.15, 0.2) is 53.0 Å². The van der Waals surface area contributed by atoms with Crippen LogP contribution in [0.1, 0.15) is 21.6 Å². The minimum absolute atomic E-state index is 0.0643. The van der Waals surface area contributed by atoms with Gasteiger partial charge >= 0.3 is 0 Å². The van der Waals surface area contributed by atoms with Crippen molar-refractivity contribution in [1.82, 2.24) is 14.7 Å². The summed E-state index contributed by atoms with van der Waals surface area (Å²) in [7, 11) is 0. The highest BCUT2D eigenvalue weighted by Crippen LogP contribution is 2.32. The molecule has 31 heavy (non-hydrogen) atoms. The van der Waals surface area contributed by atoms with E-state index in [9.17, 15) is 9.59 Å². The number of rotatable bonds is 3. The molecule has 3 heterocycles. The fraction of sp³-hybridized carbons (Fsp3) is 0.227. The van der Waals surface area contributed by atoms with E-state index in [4.69, 9.17) is 16.3 Å². The summed E-state index contributed by atoms with van der Waals surface area (Å²) in [6.07, 6.45) is 0.525. The molecule has 0 spiro atoms. The number of carbonyl (C=O) groups is 2. The number of aromatic nitrogens is 2. The Morgan fingerprint density at radius 1 is 1.19 bits per heavy atom. The molecule has 2 aliphatic heterocycles. The summed E-state index contributed by atoms with van der Waals surface area (Å²) in [5, 5.41) is 7.81. The molecule has 2 aromatic carbocycles. The summed E-state index contributed by atoms with van der Waals surface area (Å²) >= 11 is 9.95. The number of amides is 2. The number of halogens is 2. The van der Waals surface area contributed by atoms with Crippen LogP contribution in [0.3, 0.4) is 0 Å². The molecule has 158 valence electrons. The van der Waals surface area contributed by atoms with Crippen LogP contribution in [0.5, 0.6) is 5.75 Å². The van der Waals surface area contributed by atoms with Crippen LogP contribution in [-0.2, 0) is 17.8 Å². The first kappa shape index (κ1) is 20.1. The highest BCUT2D eigenvalue weighted by Gasteiger charge is 2.39. The van der Waals surface area contributed by atoms with Gasteiger partial charge in [-0.25, -0.2) is 4.68 Å². The van der Waals surface area contributed by atoms with Gasteiger partial charge in [-0.15, -0.1) is 0 Å². The van der Waals surface area contributed by atoms with Gasteiger partial charge in [0.2, 0.25) is 0 Å². The summed E-state index contributed by atoms with van der Waals surface area (Å²) in [6.45, 7) is 0.899. The maximum Gasteiger partial charge on any atom is 0.275 e. The van der Waals surface area contributed by atoms with Gasteiger partial charge < -0.3 is 15.0 Å². The molecule has 0 aliphatic carbocycles. The molecule has 2 aliphatic rings. The second-order valence-electron chi connectivity index (χ2n) is 7.47. The van der Waals surface area contributed by atoms with Crippen LogP contribution >= 0.6 is 27.5 Å². The van der Waals surface area contributed by atoms with Gasteiger partial charge in [0.05, 0.1) is 12.2 Å². The Balaban J connectivity index is 1.40. The van der Waals surface area contributed by atoms with E-state index in [-0.39, 0.29) is 18.4 Å². The Bertz CT molecular complexity index is 1180. The van der Waals surface area contributed by atoms with Crippen molar-refractivity contribution in [3.05, 3.63) is 75.0 Å². The number of hydrogen-bond acceptors (Lipinski definition) is 4. The van der Waals surface area contributed by atoms with Gasteiger partial charge in [0, 0.05) is 16.6 Å². The minimum atomic E-state index is -0.759. The molecule has 7 nitrogen and oxygen atoms in total. The van der Waals surface area contributed by atoms with Gasteiger partial charge in [0.25, 0.3) is 11.8 Å². The molecular formula is C22H18BrClN4O3. The normalized spacial score (nSPS) is 18.0. The summed E-state index contributed by atoms with van der Waals surface area (Å²) in [6, 6.07) is 14.4. The molecule has 0 radical (unpaired) electrons. The zero-order chi connectivity index (χ0) is 21.5. The van der Waals surface area contributed by atoms with Gasteiger partial charge in [-0.3, -0.25) is 9.59 Å². The molecule has 1 aromatic heterocycles. The maximum absolute atomic E-state index is 13.3. The van der Waals surface area contributed by atoms with Crippen molar-refractivity contribution < 1.29 is 14.3 Å². The van der Waals surface area contributed by atoms with Crippen LogP contribution in [-0.4, -0.2) is 45.7 Å². The fourth-order valence-corrected chi connectivity index (χ4v) is 4.53. The van der Waals surface area contributed by atoms with Gasteiger partial charge in [0.15, 0.2) is 5.69 Å². The van der Waals surface area contributed by atoms with Crippen LogP contribution < -0.4 is 10.1 Å². The molecular weight excluding hydrogens is 484 g/mol. The van der Waals surface area contributed by atoms with Crippen molar-refractivity contribution in [2.45, 2.75) is 19.0 Å². The lowest BCUT2D eigenvalue weighted by atomic mass is 10.0. The molecule has 0 saturated heterocycles. The largest absolute Gasteiger partial charge is 0.489 e. The summed E-state index contributed by atoms with van der Waals surface area (Å²) < 4.78 is 8.33. The maximum atomic E-state index is 13.3. The fourth-order valence-electron chi connectivity index (χ4n) is 3.91. The Hall–Kier alpha value is -2.84. The number of nitrogens with zero attached hydrogens (tertiary/aromatic N) is 3. The highest BCUT2D eigenvalue weighted by molar-refractivity contribution is 9.10. The first-order valence-corrected chi connectivity index (χ1v) is 11.0. The van der Waals surface area contributed by atoms with Crippen LogP contribution in [0.25, 0.3) is 0 Å².